The van der Waals surface area contributed by atoms with Crippen LogP contribution in [-0.4, -0.2) is 4.90 Å². The molecule has 19 heavy (non-hydrogen) atoms. The molecule has 0 aliphatic carbocycles. The Kier molecular flexibility index (Phi) is 3.11. The molecule has 0 bridgehead atoms. The van der Waals surface area contributed by atoms with E-state index in [1.165, 1.54) is 39.9 Å². The minimum atomic E-state index is -0.167. The van der Waals surface area contributed by atoms with E-state index in [0.717, 1.165) is 19.6 Å². The highest BCUT2D eigenvalue weighted by Gasteiger charge is 2.20. The highest BCUT2D eigenvalue weighted by molar-refractivity contribution is 5.40. The van der Waals surface area contributed by atoms with E-state index in [9.17, 15) is 4.39 Å². The summed E-state index contributed by atoms with van der Waals surface area (Å²) in [4.78, 5) is 2.41. The zero-order valence-electron chi connectivity index (χ0n) is 11.4. The van der Waals surface area contributed by atoms with Crippen LogP contribution in [0.25, 0.3) is 0 Å². The summed E-state index contributed by atoms with van der Waals surface area (Å²) in [6.45, 7) is 7.21. The Morgan fingerprint density at radius 2 is 1.79 bits per heavy atom. The minimum Gasteiger partial charge on any atom is -0.291 e. The van der Waals surface area contributed by atoms with Crippen LogP contribution in [0.2, 0.25) is 0 Å². The van der Waals surface area contributed by atoms with Crippen LogP contribution < -0.4 is 0 Å². The van der Waals surface area contributed by atoms with Gasteiger partial charge < -0.3 is 0 Å². The second kappa shape index (κ2) is 4.78. The zero-order chi connectivity index (χ0) is 13.4. The van der Waals surface area contributed by atoms with E-state index in [1.807, 2.05) is 12.1 Å². The van der Waals surface area contributed by atoms with Crippen LogP contribution in [0, 0.1) is 19.7 Å². The van der Waals surface area contributed by atoms with Crippen molar-refractivity contribution in [1.82, 2.24) is 4.90 Å². The molecule has 2 aromatic carbocycles. The summed E-state index contributed by atoms with van der Waals surface area (Å²) in [5.74, 6) is -0.167. The number of nitrogens with zero attached hydrogens (tertiary/aromatic N) is 1. The third-order valence-corrected chi connectivity index (χ3v) is 3.80. The van der Waals surface area contributed by atoms with Crippen LogP contribution in [0.4, 0.5) is 4.39 Å². The molecule has 2 heteroatoms. The highest BCUT2D eigenvalue weighted by Crippen LogP contribution is 2.28. The fourth-order valence-corrected chi connectivity index (χ4v) is 2.93. The van der Waals surface area contributed by atoms with Gasteiger partial charge in [-0.2, -0.15) is 0 Å². The zero-order valence-corrected chi connectivity index (χ0v) is 11.4. The molecule has 2 aromatic rings. The molecule has 1 heterocycles. The van der Waals surface area contributed by atoms with Gasteiger partial charge in [-0.25, -0.2) is 4.39 Å². The summed E-state index contributed by atoms with van der Waals surface area (Å²) < 4.78 is 12.9. The fraction of sp³-hybridized carbons (Fsp3) is 0.294. The van der Waals surface area contributed by atoms with Gasteiger partial charge in [0.15, 0.2) is 0 Å². The van der Waals surface area contributed by atoms with Crippen LogP contribution in [0.5, 0.6) is 0 Å². The third kappa shape index (κ3) is 2.54. The molecule has 0 atom stereocenters. The average molecular weight is 255 g/mol. The van der Waals surface area contributed by atoms with E-state index in [-0.39, 0.29) is 5.82 Å². The lowest BCUT2D eigenvalue weighted by Gasteiger charge is -2.14. The fourth-order valence-electron chi connectivity index (χ4n) is 2.93. The number of halogens is 1. The molecule has 0 radical (unpaired) electrons. The first-order chi connectivity index (χ1) is 9.11. The van der Waals surface area contributed by atoms with Crippen LogP contribution in [0.1, 0.15) is 27.8 Å². The lowest BCUT2D eigenvalue weighted by Crippen LogP contribution is -2.15. The van der Waals surface area contributed by atoms with Crippen molar-refractivity contribution in [2.24, 2.45) is 0 Å². The maximum atomic E-state index is 12.9. The molecule has 1 nitrogen and oxygen atoms in total. The first-order valence-corrected chi connectivity index (χ1v) is 6.67. The van der Waals surface area contributed by atoms with E-state index in [4.69, 9.17) is 0 Å². The van der Waals surface area contributed by atoms with Gasteiger partial charge in [0.2, 0.25) is 0 Å². The van der Waals surface area contributed by atoms with Gasteiger partial charge in [-0.1, -0.05) is 29.8 Å². The van der Waals surface area contributed by atoms with Gasteiger partial charge in [0.1, 0.15) is 5.82 Å². The molecule has 98 valence electrons. The molecule has 0 N–H and O–H groups in total. The Labute approximate surface area is 113 Å². The number of aryl methyl sites for hydroxylation is 2. The van der Waals surface area contributed by atoms with Gasteiger partial charge in [-0.15, -0.1) is 0 Å². The van der Waals surface area contributed by atoms with E-state index < -0.39 is 0 Å². The Hall–Kier alpha value is -1.67. The number of benzene rings is 2. The van der Waals surface area contributed by atoms with E-state index >= 15 is 0 Å². The van der Waals surface area contributed by atoms with Crippen molar-refractivity contribution in [1.29, 1.82) is 0 Å². The predicted octanol–water partition coefficient (Wildman–Crippen LogP) is 3.96. The van der Waals surface area contributed by atoms with Crippen LogP contribution in [0.3, 0.4) is 0 Å². The quantitative estimate of drug-likeness (QED) is 0.785. The van der Waals surface area contributed by atoms with Crippen molar-refractivity contribution in [3.8, 4) is 0 Å². The van der Waals surface area contributed by atoms with Gasteiger partial charge in [-0.05, 0) is 48.2 Å². The van der Waals surface area contributed by atoms with Crippen molar-refractivity contribution in [2.45, 2.75) is 33.5 Å². The molecule has 0 saturated heterocycles. The van der Waals surface area contributed by atoms with Gasteiger partial charge in [-0.3, -0.25) is 4.90 Å². The minimum absolute atomic E-state index is 0.167. The second-order valence-electron chi connectivity index (χ2n) is 5.49. The van der Waals surface area contributed by atoms with Gasteiger partial charge >= 0.3 is 0 Å². The Morgan fingerprint density at radius 1 is 1.05 bits per heavy atom. The molecule has 0 amide bonds. The Morgan fingerprint density at radius 3 is 2.53 bits per heavy atom. The maximum absolute atomic E-state index is 12.9. The molecule has 0 saturated carbocycles. The molecular weight excluding hydrogens is 237 g/mol. The first-order valence-electron chi connectivity index (χ1n) is 6.67. The van der Waals surface area contributed by atoms with Gasteiger partial charge in [0, 0.05) is 19.6 Å². The summed E-state index contributed by atoms with van der Waals surface area (Å²) in [6, 6.07) is 11.3. The largest absolute Gasteiger partial charge is 0.291 e. The normalized spacial score (nSPS) is 14.7. The summed E-state index contributed by atoms with van der Waals surface area (Å²) in [5, 5.41) is 0. The molecular formula is C17H18FN. The van der Waals surface area contributed by atoms with Crippen molar-refractivity contribution < 1.29 is 4.39 Å². The third-order valence-electron chi connectivity index (χ3n) is 3.80. The topological polar surface area (TPSA) is 3.24 Å². The molecule has 0 unspecified atom stereocenters. The SMILES string of the molecule is Cc1cc(C)c2c(c1)CN(Cc1ccc(F)cc1)C2. The standard InChI is InChI=1S/C17H18FN/c1-12-7-13(2)17-11-19(10-15(17)8-12)9-14-3-5-16(18)6-4-14/h3-8H,9-11H2,1-2H3. The molecule has 0 fully saturated rings. The van der Waals surface area contributed by atoms with E-state index in [2.05, 4.69) is 30.9 Å². The van der Waals surface area contributed by atoms with Crippen LogP contribution in [-0.2, 0) is 19.6 Å². The molecule has 1 aliphatic rings. The van der Waals surface area contributed by atoms with Crippen LogP contribution in [0.15, 0.2) is 36.4 Å². The van der Waals surface area contributed by atoms with Crippen molar-refractivity contribution in [3.05, 3.63) is 70.0 Å². The molecule has 1 aliphatic heterocycles. The van der Waals surface area contributed by atoms with Crippen molar-refractivity contribution in [3.63, 3.8) is 0 Å². The van der Waals surface area contributed by atoms with E-state index in [1.54, 1.807) is 0 Å². The lowest BCUT2D eigenvalue weighted by molar-refractivity contribution is 0.275. The summed E-state index contributed by atoms with van der Waals surface area (Å²) >= 11 is 0. The van der Waals surface area contributed by atoms with Crippen molar-refractivity contribution >= 4 is 0 Å². The maximum Gasteiger partial charge on any atom is 0.123 e. The smallest absolute Gasteiger partial charge is 0.123 e. The van der Waals surface area contributed by atoms with Crippen molar-refractivity contribution in [2.75, 3.05) is 0 Å². The highest BCUT2D eigenvalue weighted by atomic mass is 19.1. The summed E-state index contributed by atoms with van der Waals surface area (Å²) in [5.41, 5.74) is 6.80. The molecule has 3 rings (SSSR count). The molecule has 0 aromatic heterocycles. The van der Waals surface area contributed by atoms with Gasteiger partial charge in [0.05, 0.1) is 0 Å². The number of hydrogen-bond acceptors (Lipinski definition) is 1. The monoisotopic (exact) mass is 255 g/mol. The van der Waals surface area contributed by atoms with Crippen LogP contribution >= 0.6 is 0 Å². The van der Waals surface area contributed by atoms with E-state index in [0.29, 0.717) is 0 Å². The molecule has 0 spiro atoms. The Balaban J connectivity index is 1.77. The van der Waals surface area contributed by atoms with Gasteiger partial charge in [0.25, 0.3) is 0 Å². The number of rotatable bonds is 2. The number of hydrogen-bond donors (Lipinski definition) is 0. The second-order valence-corrected chi connectivity index (χ2v) is 5.49. The predicted molar refractivity (Wildman–Crippen MR) is 75.3 cm³/mol. The Bertz CT molecular complexity index is 601. The number of fused-ring (bicyclic) bond motifs is 1. The first kappa shape index (κ1) is 12.4. The average Bonchev–Trinajstić information content (AvgIpc) is 2.75. The lowest BCUT2D eigenvalue weighted by atomic mass is 10.0. The summed E-state index contributed by atoms with van der Waals surface area (Å²) in [6.07, 6.45) is 0. The summed E-state index contributed by atoms with van der Waals surface area (Å²) in [7, 11) is 0.